The van der Waals surface area contributed by atoms with Crippen molar-refractivity contribution in [3.8, 4) is 28.6 Å². The van der Waals surface area contributed by atoms with E-state index in [0.29, 0.717) is 30.5 Å². The van der Waals surface area contributed by atoms with Crippen molar-refractivity contribution < 1.29 is 19.3 Å². The minimum atomic E-state index is -0.601. The summed E-state index contributed by atoms with van der Waals surface area (Å²) < 4.78 is 19.5. The Labute approximate surface area is 209 Å². The molecular formula is C28H39N3O4. The van der Waals surface area contributed by atoms with Gasteiger partial charge in [-0.2, -0.15) is 5.10 Å². The Morgan fingerprint density at radius 1 is 1.03 bits per heavy atom. The summed E-state index contributed by atoms with van der Waals surface area (Å²) in [6.07, 6.45) is 0.354. The summed E-state index contributed by atoms with van der Waals surface area (Å²) in [5.41, 5.74) is 2.54. The molecule has 1 aromatic heterocycles. The Bertz CT molecular complexity index is 1060. The number of aromatic nitrogens is 2. The Balaban J connectivity index is 1.95. The second-order valence-corrected chi connectivity index (χ2v) is 9.69. The topological polar surface area (TPSA) is 69.0 Å². The van der Waals surface area contributed by atoms with Gasteiger partial charge in [-0.3, -0.25) is 4.90 Å². The van der Waals surface area contributed by atoms with Gasteiger partial charge in [-0.1, -0.05) is 49.4 Å². The Hall–Kier alpha value is -2.87. The maximum absolute atomic E-state index is 10.7. The number of hydrogen-bond donors (Lipinski definition) is 1. The summed E-state index contributed by atoms with van der Waals surface area (Å²) in [4.78, 5) is 2.23. The quantitative estimate of drug-likeness (QED) is 0.380. The number of ether oxygens (including phenoxy) is 3. The van der Waals surface area contributed by atoms with Crippen LogP contribution < -0.4 is 9.47 Å². The third kappa shape index (κ3) is 7.56. The average Bonchev–Trinajstić information content (AvgIpc) is 3.13. The Morgan fingerprint density at radius 2 is 1.69 bits per heavy atom. The van der Waals surface area contributed by atoms with Crippen molar-refractivity contribution in [1.82, 2.24) is 14.7 Å². The van der Waals surface area contributed by atoms with Crippen molar-refractivity contribution in [2.45, 2.75) is 52.4 Å². The first-order valence-electron chi connectivity index (χ1n) is 12.2. The first kappa shape index (κ1) is 26.7. The monoisotopic (exact) mass is 481 g/mol. The van der Waals surface area contributed by atoms with Gasteiger partial charge in [-0.05, 0) is 45.9 Å². The summed E-state index contributed by atoms with van der Waals surface area (Å²) >= 11 is 0. The molecule has 7 heteroatoms. The zero-order valence-corrected chi connectivity index (χ0v) is 21.8. The molecule has 0 saturated carbocycles. The number of aliphatic hydroxyl groups is 1. The average molecular weight is 482 g/mol. The molecule has 1 atom stereocenters. The van der Waals surface area contributed by atoms with Crippen molar-refractivity contribution >= 4 is 0 Å². The standard InChI is InChI=1S/C28H39N3O4/c1-7-17-31(18-22(32)20-34-28(2,3)4)19-23-26(21-13-9-8-10-14-21)29-30(5)27(23)35-25-16-12-11-15-24(25)33-6/h8-16,22,32H,7,17-20H2,1-6H3/t22-/m0/s1. The highest BCUT2D eigenvalue weighted by atomic mass is 16.5. The highest BCUT2D eigenvalue weighted by molar-refractivity contribution is 5.65. The molecule has 0 aliphatic heterocycles. The lowest BCUT2D eigenvalue weighted by molar-refractivity contribution is -0.0566. The van der Waals surface area contributed by atoms with Gasteiger partial charge in [-0.15, -0.1) is 0 Å². The summed E-state index contributed by atoms with van der Waals surface area (Å²) in [5, 5.41) is 15.5. The number of aryl methyl sites for hydroxylation is 1. The Morgan fingerprint density at radius 3 is 2.31 bits per heavy atom. The highest BCUT2D eigenvalue weighted by Crippen LogP contribution is 2.37. The molecule has 0 bridgehead atoms. The fourth-order valence-electron chi connectivity index (χ4n) is 3.93. The normalized spacial score (nSPS) is 12.7. The van der Waals surface area contributed by atoms with Crippen LogP contribution in [0.15, 0.2) is 54.6 Å². The zero-order valence-electron chi connectivity index (χ0n) is 21.8. The molecule has 0 amide bonds. The van der Waals surface area contributed by atoms with Gasteiger partial charge < -0.3 is 19.3 Å². The van der Waals surface area contributed by atoms with E-state index in [-0.39, 0.29) is 12.2 Å². The SMILES string of the molecule is CCCN(Cc1c(-c2ccccc2)nn(C)c1Oc1ccccc1OC)C[C@H](O)COC(C)(C)C. The van der Waals surface area contributed by atoms with Crippen LogP contribution in [0.2, 0.25) is 0 Å². The fourth-order valence-corrected chi connectivity index (χ4v) is 3.93. The molecule has 3 rings (SSSR count). The van der Waals surface area contributed by atoms with Crippen LogP contribution in [0.4, 0.5) is 0 Å². The van der Waals surface area contributed by atoms with Crippen LogP contribution in [0.5, 0.6) is 17.4 Å². The van der Waals surface area contributed by atoms with E-state index < -0.39 is 6.10 Å². The number of nitrogens with zero attached hydrogens (tertiary/aromatic N) is 3. The van der Waals surface area contributed by atoms with Crippen molar-refractivity contribution in [3.05, 3.63) is 60.2 Å². The van der Waals surface area contributed by atoms with E-state index >= 15 is 0 Å². The molecule has 0 saturated heterocycles. The predicted octanol–water partition coefficient (Wildman–Crippen LogP) is 5.28. The summed E-state index contributed by atoms with van der Waals surface area (Å²) in [5.74, 6) is 1.93. The van der Waals surface area contributed by atoms with Gasteiger partial charge in [0, 0.05) is 25.7 Å². The van der Waals surface area contributed by atoms with E-state index in [1.807, 2.05) is 70.3 Å². The third-order valence-electron chi connectivity index (χ3n) is 5.51. The van der Waals surface area contributed by atoms with E-state index in [9.17, 15) is 5.11 Å². The molecule has 0 spiro atoms. The molecule has 3 aromatic rings. The lowest BCUT2D eigenvalue weighted by atomic mass is 10.1. The lowest BCUT2D eigenvalue weighted by Crippen LogP contribution is -2.37. The largest absolute Gasteiger partial charge is 0.493 e. The first-order chi connectivity index (χ1) is 16.7. The van der Waals surface area contributed by atoms with Gasteiger partial charge in [0.25, 0.3) is 0 Å². The first-order valence-corrected chi connectivity index (χ1v) is 12.2. The molecule has 0 aliphatic carbocycles. The molecule has 0 aliphatic rings. The van der Waals surface area contributed by atoms with Crippen molar-refractivity contribution in [2.75, 3.05) is 26.8 Å². The number of benzene rings is 2. The smallest absolute Gasteiger partial charge is 0.222 e. The molecule has 0 unspecified atom stereocenters. The van der Waals surface area contributed by atoms with Crippen LogP contribution in [-0.2, 0) is 18.3 Å². The van der Waals surface area contributed by atoms with Crippen molar-refractivity contribution in [2.24, 2.45) is 7.05 Å². The number of methoxy groups -OCH3 is 1. The summed E-state index contributed by atoms with van der Waals surface area (Å²) in [7, 11) is 3.52. The lowest BCUT2D eigenvalue weighted by Gasteiger charge is -2.27. The van der Waals surface area contributed by atoms with Crippen LogP contribution in [0, 0.1) is 0 Å². The number of para-hydroxylation sites is 2. The summed E-state index contributed by atoms with van der Waals surface area (Å²) in [6.45, 7) is 10.3. The fraction of sp³-hybridized carbons (Fsp3) is 0.464. The van der Waals surface area contributed by atoms with Crippen LogP contribution in [-0.4, -0.2) is 58.3 Å². The molecule has 1 N–H and O–H groups in total. The van der Waals surface area contributed by atoms with Crippen molar-refractivity contribution in [1.29, 1.82) is 0 Å². The predicted molar refractivity (Wildman–Crippen MR) is 139 cm³/mol. The van der Waals surface area contributed by atoms with E-state index in [1.165, 1.54) is 0 Å². The van der Waals surface area contributed by atoms with Gasteiger partial charge in [0.1, 0.15) is 5.69 Å². The minimum absolute atomic E-state index is 0.285. The summed E-state index contributed by atoms with van der Waals surface area (Å²) in [6, 6.07) is 17.7. The third-order valence-corrected chi connectivity index (χ3v) is 5.51. The molecule has 7 nitrogen and oxygen atoms in total. The van der Waals surface area contributed by atoms with E-state index in [1.54, 1.807) is 11.8 Å². The molecular weight excluding hydrogens is 442 g/mol. The second kappa shape index (κ2) is 12.2. The van der Waals surface area contributed by atoms with Crippen LogP contribution in [0.1, 0.15) is 39.7 Å². The minimum Gasteiger partial charge on any atom is -0.493 e. The van der Waals surface area contributed by atoms with Crippen LogP contribution in [0.3, 0.4) is 0 Å². The van der Waals surface area contributed by atoms with Gasteiger partial charge in [0.2, 0.25) is 5.88 Å². The molecule has 2 aromatic carbocycles. The van der Waals surface area contributed by atoms with Gasteiger partial charge in [-0.25, -0.2) is 4.68 Å². The molecule has 0 fully saturated rings. The van der Waals surface area contributed by atoms with E-state index in [2.05, 4.69) is 24.0 Å². The van der Waals surface area contributed by atoms with Crippen LogP contribution >= 0.6 is 0 Å². The second-order valence-electron chi connectivity index (χ2n) is 9.69. The van der Waals surface area contributed by atoms with Crippen LogP contribution in [0.25, 0.3) is 11.3 Å². The number of aliphatic hydroxyl groups excluding tert-OH is 1. The number of hydrogen-bond acceptors (Lipinski definition) is 6. The zero-order chi connectivity index (χ0) is 25.4. The van der Waals surface area contributed by atoms with Gasteiger partial charge in [0.05, 0.1) is 31.0 Å². The maximum atomic E-state index is 10.7. The molecule has 190 valence electrons. The van der Waals surface area contributed by atoms with Gasteiger partial charge >= 0.3 is 0 Å². The molecule has 0 radical (unpaired) electrons. The van der Waals surface area contributed by atoms with E-state index in [0.717, 1.165) is 29.8 Å². The molecule has 1 heterocycles. The highest BCUT2D eigenvalue weighted by Gasteiger charge is 2.24. The number of rotatable bonds is 12. The van der Waals surface area contributed by atoms with E-state index in [4.69, 9.17) is 19.3 Å². The van der Waals surface area contributed by atoms with Gasteiger partial charge in [0.15, 0.2) is 11.5 Å². The maximum Gasteiger partial charge on any atom is 0.222 e. The molecule has 35 heavy (non-hydrogen) atoms. The van der Waals surface area contributed by atoms with Crippen molar-refractivity contribution in [3.63, 3.8) is 0 Å². The Kier molecular flexibility index (Phi) is 9.32.